The molecule has 0 spiro atoms. The molecular formula is C14H11LaO13S. The number of phenols is 4. The van der Waals surface area contributed by atoms with E-state index >= 15 is 0 Å². The molecule has 7 N–H and O–H groups in total. The van der Waals surface area contributed by atoms with Crippen molar-refractivity contribution < 1.29 is 99.0 Å². The molecule has 2 rings (SSSR count). The van der Waals surface area contributed by atoms with Gasteiger partial charge in [-0.2, -0.15) is 0 Å². The number of carboxylic acid groups (broad SMARTS) is 2. The number of benzene rings is 2. The Morgan fingerprint density at radius 3 is 1.00 bits per heavy atom. The van der Waals surface area contributed by atoms with Crippen LogP contribution in [-0.4, -0.2) is 47.1 Å². The van der Waals surface area contributed by atoms with Gasteiger partial charge in [-0.05, 0) is 35.8 Å². The zero-order valence-electron chi connectivity index (χ0n) is 13.9. The molecule has 15 heteroatoms. The van der Waals surface area contributed by atoms with Crippen LogP contribution in [0.15, 0.2) is 24.3 Å². The van der Waals surface area contributed by atoms with Crippen LogP contribution in [0.2, 0.25) is 0 Å². The first-order valence-electron chi connectivity index (χ1n) is 6.48. The standard InChI is InChI=1S/2C7H6O5.La.HO3S/c2*8-4-1-3(7(11)12)2-5(9)6(4)10;;1-4(2)3/h2*1-2,8-10H,(H,11,12);;(H,1,2,3)/q;;+3;-1/p-2. The number of carboxylic acids is 2. The first kappa shape index (κ1) is 28.5. The van der Waals surface area contributed by atoms with Crippen LogP contribution < -0.4 is 10.2 Å². The van der Waals surface area contributed by atoms with E-state index in [4.69, 9.17) is 43.6 Å². The molecule has 0 aliphatic rings. The van der Waals surface area contributed by atoms with Gasteiger partial charge in [0.25, 0.3) is 0 Å². The molecular weight excluding hydrogens is 547 g/mol. The van der Waals surface area contributed by atoms with Crippen LogP contribution in [-0.2, 0) is 19.4 Å². The summed E-state index contributed by atoms with van der Waals surface area (Å²) in [7, 11) is -2.86. The first-order chi connectivity index (χ1) is 12.8. The topological polar surface area (TPSA) is 256 Å². The van der Waals surface area contributed by atoms with Gasteiger partial charge in [0.2, 0.25) is 0 Å². The van der Waals surface area contributed by atoms with E-state index in [1.165, 1.54) is 0 Å². The smallest absolute Gasteiger partial charge is 0.867 e. The van der Waals surface area contributed by atoms with Crippen molar-refractivity contribution in [3.8, 4) is 34.5 Å². The molecule has 0 atom stereocenters. The van der Waals surface area contributed by atoms with Crippen LogP contribution in [0.1, 0.15) is 20.7 Å². The number of phenolic OH excluding ortho intramolecular Hbond substituents is 4. The van der Waals surface area contributed by atoms with E-state index in [9.17, 15) is 19.8 Å². The van der Waals surface area contributed by atoms with Crippen molar-refractivity contribution in [3.05, 3.63) is 35.4 Å². The van der Waals surface area contributed by atoms with E-state index in [2.05, 4.69) is 0 Å². The first-order valence-corrected chi connectivity index (χ1v) is 7.52. The summed E-state index contributed by atoms with van der Waals surface area (Å²) in [6.07, 6.45) is 0. The predicted octanol–water partition coefficient (Wildman–Crippen LogP) is -0.492. The van der Waals surface area contributed by atoms with Gasteiger partial charge in [-0.3, -0.25) is 0 Å². The molecule has 29 heavy (non-hydrogen) atoms. The minimum atomic E-state index is -2.86. The van der Waals surface area contributed by atoms with E-state index in [-0.39, 0.29) is 46.7 Å². The maximum absolute atomic E-state index is 10.7. The Labute approximate surface area is 191 Å². The van der Waals surface area contributed by atoms with Crippen LogP contribution in [0, 0.1) is 35.6 Å². The molecule has 0 bridgehead atoms. The number of rotatable bonds is 2. The van der Waals surface area contributed by atoms with Gasteiger partial charge in [-0.25, -0.2) is 9.59 Å². The Bertz CT molecular complexity index is 833. The average molecular weight is 558 g/mol. The fraction of sp³-hybridized carbons (Fsp3) is 0. The molecule has 0 saturated carbocycles. The summed E-state index contributed by atoms with van der Waals surface area (Å²) in [5.74, 6) is -7.67. The number of hydrogen-bond donors (Lipinski definition) is 7. The second-order valence-corrected chi connectivity index (χ2v) is 4.95. The fourth-order valence-corrected chi connectivity index (χ4v) is 1.44. The molecule has 0 unspecified atom stereocenters. The fourth-order valence-electron chi connectivity index (χ4n) is 1.44. The third kappa shape index (κ3) is 9.86. The van der Waals surface area contributed by atoms with Crippen LogP contribution in [0.25, 0.3) is 0 Å². The third-order valence-corrected chi connectivity index (χ3v) is 2.59. The molecule has 2 aromatic rings. The van der Waals surface area contributed by atoms with Crippen molar-refractivity contribution in [2.24, 2.45) is 0 Å². The Balaban J connectivity index is 0. The summed E-state index contributed by atoms with van der Waals surface area (Å²) < 4.78 is 24.1. The summed E-state index contributed by atoms with van der Waals surface area (Å²) >= 11 is 0. The number of aromatic carboxylic acids is 2. The van der Waals surface area contributed by atoms with Gasteiger partial charge in [-0.15, -0.1) is 0 Å². The third-order valence-electron chi connectivity index (χ3n) is 2.59. The number of carbonyl (C=O) groups is 2. The Morgan fingerprint density at radius 2 is 0.862 bits per heavy atom. The van der Waals surface area contributed by atoms with Crippen molar-refractivity contribution in [1.29, 1.82) is 0 Å². The Morgan fingerprint density at radius 1 is 0.690 bits per heavy atom. The van der Waals surface area contributed by atoms with Crippen molar-refractivity contribution in [2.45, 2.75) is 0 Å². The van der Waals surface area contributed by atoms with Crippen molar-refractivity contribution >= 4 is 22.9 Å². The van der Waals surface area contributed by atoms with E-state index in [1.807, 2.05) is 0 Å². The number of aromatic hydroxyl groups is 4. The van der Waals surface area contributed by atoms with Gasteiger partial charge in [0, 0.05) is 11.0 Å². The zero-order chi connectivity index (χ0) is 22.2. The molecule has 0 heterocycles. The predicted molar refractivity (Wildman–Crippen MR) is 83.7 cm³/mol. The summed E-state index contributed by atoms with van der Waals surface area (Å²) in [6, 6.07) is 3.13. The summed E-state index contributed by atoms with van der Waals surface area (Å²) in [5.41, 5.74) is -0.658. The Kier molecular flexibility index (Phi) is 12.5. The summed E-state index contributed by atoms with van der Waals surface area (Å²) in [6.45, 7) is 0. The van der Waals surface area contributed by atoms with Gasteiger partial charge in [0.05, 0.1) is 11.1 Å². The van der Waals surface area contributed by atoms with Gasteiger partial charge in [0.15, 0.2) is 0 Å². The minimum Gasteiger partial charge on any atom is -0.867 e. The summed E-state index contributed by atoms with van der Waals surface area (Å²) in [4.78, 5) is 20.6. The Hall–Kier alpha value is -2.72. The SMILES string of the molecule is O=C(O)c1cc(O)c([O-])c(O)c1.O=C(O)c1cc(O)c([O-])c(O)c1.O=[S-](=O)O.[La+3]. The molecule has 154 valence electrons. The van der Waals surface area contributed by atoms with E-state index in [1.54, 1.807) is 0 Å². The van der Waals surface area contributed by atoms with Crippen LogP contribution >= 0.6 is 0 Å². The maximum Gasteiger partial charge on any atom is 3.00 e. The quantitative estimate of drug-likeness (QED) is 0.140. The molecule has 0 fully saturated rings. The summed E-state index contributed by atoms with van der Waals surface area (Å²) in [5, 5.41) is 73.3. The largest absolute Gasteiger partial charge is 3.00 e. The van der Waals surface area contributed by atoms with Gasteiger partial charge in [-0.1, -0.05) is 0 Å². The van der Waals surface area contributed by atoms with Crippen molar-refractivity contribution in [3.63, 3.8) is 0 Å². The molecule has 0 aliphatic heterocycles. The van der Waals surface area contributed by atoms with Gasteiger partial charge >= 0.3 is 47.5 Å². The monoisotopic (exact) mass is 558 g/mol. The van der Waals surface area contributed by atoms with Crippen LogP contribution in [0.4, 0.5) is 0 Å². The number of hydrogen-bond acceptors (Lipinski definition) is 11. The van der Waals surface area contributed by atoms with Gasteiger partial charge < -0.3 is 53.8 Å². The molecule has 0 amide bonds. The van der Waals surface area contributed by atoms with Crippen molar-refractivity contribution in [2.75, 3.05) is 0 Å². The average Bonchev–Trinajstić information content (AvgIpc) is 2.56. The van der Waals surface area contributed by atoms with E-state index in [0.29, 0.717) is 0 Å². The van der Waals surface area contributed by atoms with Crippen molar-refractivity contribution in [1.82, 2.24) is 0 Å². The van der Waals surface area contributed by atoms with Crippen LogP contribution in [0.5, 0.6) is 34.5 Å². The maximum atomic E-state index is 10.7. The molecule has 0 radical (unpaired) electrons. The van der Waals surface area contributed by atoms with E-state index in [0.717, 1.165) is 24.3 Å². The molecule has 13 nitrogen and oxygen atoms in total. The zero-order valence-corrected chi connectivity index (χ0v) is 18.3. The molecule has 0 saturated heterocycles. The molecule has 0 aliphatic carbocycles. The molecule has 2 aromatic carbocycles. The molecule has 0 aromatic heterocycles. The minimum absolute atomic E-state index is 0. The van der Waals surface area contributed by atoms with E-state index < -0.39 is 57.4 Å². The second kappa shape index (κ2) is 12.7. The van der Waals surface area contributed by atoms with Gasteiger partial charge in [0.1, 0.15) is 23.0 Å². The van der Waals surface area contributed by atoms with Crippen LogP contribution in [0.3, 0.4) is 0 Å². The normalized spacial score (nSPS) is 9.17. The second-order valence-electron chi connectivity index (χ2n) is 4.51.